The number of aliphatic hydroxyl groups excluding tert-OH is 2. The number of hydrogen-bond acceptors (Lipinski definition) is 5. The van der Waals surface area contributed by atoms with E-state index in [2.05, 4.69) is 31.3 Å². The lowest BCUT2D eigenvalue weighted by atomic mass is 10.0. The van der Waals surface area contributed by atoms with Crippen LogP contribution in [0.25, 0.3) is 0 Å². The Morgan fingerprint density at radius 3 is 0.887 bits per heavy atom. The summed E-state index contributed by atoms with van der Waals surface area (Å²) in [5.74, 6) is -0.0411. The average Bonchev–Trinajstić information content (AvgIpc) is 3.46. The molecule has 0 aliphatic rings. The van der Waals surface area contributed by atoms with Gasteiger partial charge < -0.3 is 20.3 Å². The van der Waals surface area contributed by atoms with E-state index in [4.69, 9.17) is 4.74 Å². The molecule has 0 bridgehead atoms. The molecule has 0 saturated carbocycles. The fourth-order valence-electron chi connectivity index (χ4n) is 11.6. The number of ether oxygens (including phenoxy) is 1. The van der Waals surface area contributed by atoms with Crippen LogP contribution in [0.3, 0.4) is 0 Å². The molecule has 0 aromatic rings. The van der Waals surface area contributed by atoms with Crippen molar-refractivity contribution in [1.29, 1.82) is 0 Å². The molecule has 0 rings (SSSR count). The van der Waals surface area contributed by atoms with Gasteiger partial charge in [-0.05, 0) is 57.8 Å². The first-order valence-corrected chi connectivity index (χ1v) is 36.6. The molecule has 0 fully saturated rings. The Balaban J connectivity index is 3.34. The Kier molecular flexibility index (Phi) is 68.4. The first-order chi connectivity index (χ1) is 39.5. The molecular weight excluding hydrogens is 983 g/mol. The van der Waals surface area contributed by atoms with Gasteiger partial charge in [-0.25, -0.2) is 0 Å². The fraction of sp³-hybridized carbons (Fsp3) is 0.919. The minimum Gasteiger partial charge on any atom is -0.466 e. The number of esters is 1. The van der Waals surface area contributed by atoms with Crippen LogP contribution in [0.2, 0.25) is 0 Å². The summed E-state index contributed by atoms with van der Waals surface area (Å²) in [6, 6.07) is -0.625. The second-order valence-corrected chi connectivity index (χ2v) is 25.3. The molecule has 0 aromatic heterocycles. The van der Waals surface area contributed by atoms with Gasteiger partial charge in [0.15, 0.2) is 0 Å². The number of carbonyl (C=O) groups is 2. The molecule has 3 N–H and O–H groups in total. The van der Waals surface area contributed by atoms with Gasteiger partial charge in [-0.1, -0.05) is 366 Å². The Morgan fingerprint density at radius 1 is 0.338 bits per heavy atom. The fourth-order valence-corrected chi connectivity index (χ4v) is 11.6. The van der Waals surface area contributed by atoms with Gasteiger partial charge in [-0.2, -0.15) is 0 Å². The minimum absolute atomic E-state index is 0.0225. The highest BCUT2D eigenvalue weighted by molar-refractivity contribution is 5.76. The van der Waals surface area contributed by atoms with Crippen molar-refractivity contribution in [2.24, 2.45) is 0 Å². The zero-order valence-electron chi connectivity index (χ0n) is 54.3. The summed E-state index contributed by atoms with van der Waals surface area (Å²) in [4.78, 5) is 24.6. The lowest BCUT2D eigenvalue weighted by molar-refractivity contribution is -0.143. The van der Waals surface area contributed by atoms with Crippen molar-refractivity contribution >= 4 is 11.9 Å². The Labute approximate surface area is 501 Å². The highest BCUT2D eigenvalue weighted by Gasteiger charge is 2.18. The molecule has 0 aliphatic heterocycles. The molecule has 6 nitrogen and oxygen atoms in total. The first kappa shape index (κ1) is 78.3. The van der Waals surface area contributed by atoms with Crippen molar-refractivity contribution in [3.8, 4) is 0 Å². The molecule has 0 aromatic carbocycles. The van der Waals surface area contributed by atoms with Crippen molar-refractivity contribution < 1.29 is 24.5 Å². The number of allylic oxidation sites excluding steroid dienone is 3. The van der Waals surface area contributed by atoms with Gasteiger partial charge in [-0.3, -0.25) is 9.59 Å². The largest absolute Gasteiger partial charge is 0.466 e. The standard InChI is InChI=1S/C74H143NO5/c1-3-5-7-9-11-13-15-17-19-20-37-40-44-48-52-56-60-64-68-74(79)80-69-65-61-57-53-49-45-41-38-35-33-31-29-27-25-23-21-22-24-26-28-30-32-34-36-39-43-47-51-55-59-63-67-73(78)75-71(70-76)72(77)66-62-58-54-50-46-42-18-16-14-12-10-8-6-4-2/h23,25,62,66,71-72,76-77H,3-22,24,26-61,63-65,67-70H2,1-2H3,(H,75,78)/b25-23-,66-62+. The van der Waals surface area contributed by atoms with E-state index in [1.54, 1.807) is 6.08 Å². The van der Waals surface area contributed by atoms with E-state index >= 15 is 0 Å². The lowest BCUT2D eigenvalue weighted by Gasteiger charge is -2.20. The third kappa shape index (κ3) is 65.5. The van der Waals surface area contributed by atoms with Gasteiger partial charge in [0.05, 0.1) is 25.4 Å². The van der Waals surface area contributed by atoms with Crippen LogP contribution in [-0.4, -0.2) is 47.4 Å². The monoisotopic (exact) mass is 1130 g/mol. The summed E-state index contributed by atoms with van der Waals surface area (Å²) in [7, 11) is 0. The second-order valence-electron chi connectivity index (χ2n) is 25.3. The summed E-state index contributed by atoms with van der Waals surface area (Å²) >= 11 is 0. The number of rotatable bonds is 69. The maximum absolute atomic E-state index is 12.5. The normalized spacial score (nSPS) is 12.6. The van der Waals surface area contributed by atoms with Crippen molar-refractivity contribution in [2.45, 2.75) is 424 Å². The van der Waals surface area contributed by atoms with Crippen molar-refractivity contribution in [1.82, 2.24) is 5.32 Å². The topological polar surface area (TPSA) is 95.9 Å². The molecule has 2 atom stereocenters. The van der Waals surface area contributed by atoms with E-state index in [-0.39, 0.29) is 18.5 Å². The van der Waals surface area contributed by atoms with Crippen LogP contribution in [0.5, 0.6) is 0 Å². The summed E-state index contributed by atoms with van der Waals surface area (Å²) in [5.41, 5.74) is 0. The van der Waals surface area contributed by atoms with Crippen LogP contribution >= 0.6 is 0 Å². The average molecular weight is 1130 g/mol. The quantitative estimate of drug-likeness (QED) is 0.0320. The number of nitrogens with one attached hydrogen (secondary N) is 1. The summed E-state index contributed by atoms with van der Waals surface area (Å²) in [5, 5.41) is 23.1. The Morgan fingerprint density at radius 2 is 0.588 bits per heavy atom. The van der Waals surface area contributed by atoms with Crippen molar-refractivity contribution in [3.05, 3.63) is 24.3 Å². The Bertz CT molecular complexity index is 1250. The molecular formula is C74H143NO5. The zero-order valence-corrected chi connectivity index (χ0v) is 54.3. The molecule has 0 saturated heterocycles. The van der Waals surface area contributed by atoms with E-state index in [0.29, 0.717) is 19.4 Å². The van der Waals surface area contributed by atoms with Crippen LogP contribution < -0.4 is 5.32 Å². The highest BCUT2D eigenvalue weighted by Crippen LogP contribution is 2.19. The molecule has 0 heterocycles. The zero-order chi connectivity index (χ0) is 57.8. The van der Waals surface area contributed by atoms with E-state index < -0.39 is 12.1 Å². The molecule has 0 radical (unpaired) electrons. The third-order valence-corrected chi connectivity index (χ3v) is 17.2. The van der Waals surface area contributed by atoms with E-state index in [9.17, 15) is 19.8 Å². The predicted octanol–water partition coefficient (Wildman–Crippen LogP) is 23.7. The van der Waals surface area contributed by atoms with Gasteiger partial charge in [-0.15, -0.1) is 0 Å². The van der Waals surface area contributed by atoms with Crippen LogP contribution in [0.4, 0.5) is 0 Å². The SMILES string of the molecule is CCCCCCCCCCCCCC/C=C/C(O)C(CO)NC(=O)CCCCCCCCCCCCCCCCC/C=C\CCCCCCCCCCCCCCOC(=O)CCCCCCCCCCCCCCCCCCCC. The molecule has 1 amide bonds. The number of unbranched alkanes of at least 4 members (excludes halogenated alkanes) is 56. The molecule has 2 unspecified atom stereocenters. The van der Waals surface area contributed by atoms with Gasteiger partial charge >= 0.3 is 5.97 Å². The maximum atomic E-state index is 12.5. The van der Waals surface area contributed by atoms with E-state index in [1.807, 2.05) is 6.08 Å². The highest BCUT2D eigenvalue weighted by atomic mass is 16.5. The number of aliphatic hydroxyl groups is 2. The maximum Gasteiger partial charge on any atom is 0.305 e. The summed E-state index contributed by atoms with van der Waals surface area (Å²) < 4.78 is 5.51. The molecule has 474 valence electrons. The predicted molar refractivity (Wildman–Crippen MR) is 352 cm³/mol. The lowest BCUT2D eigenvalue weighted by Crippen LogP contribution is -2.45. The molecule has 0 spiro atoms. The number of amides is 1. The van der Waals surface area contributed by atoms with Gasteiger partial charge in [0, 0.05) is 12.8 Å². The molecule has 6 heteroatoms. The van der Waals surface area contributed by atoms with Crippen molar-refractivity contribution in [2.75, 3.05) is 13.2 Å². The molecule has 0 aliphatic carbocycles. The smallest absolute Gasteiger partial charge is 0.305 e. The third-order valence-electron chi connectivity index (χ3n) is 17.2. The Hall–Kier alpha value is -1.66. The van der Waals surface area contributed by atoms with E-state index in [1.165, 1.54) is 347 Å². The van der Waals surface area contributed by atoms with Crippen LogP contribution in [0.1, 0.15) is 412 Å². The number of hydrogen-bond donors (Lipinski definition) is 3. The van der Waals surface area contributed by atoms with Gasteiger partial charge in [0.2, 0.25) is 5.91 Å². The van der Waals surface area contributed by atoms with E-state index in [0.717, 1.165) is 38.5 Å². The minimum atomic E-state index is -0.842. The first-order valence-electron chi connectivity index (χ1n) is 36.6. The molecule has 80 heavy (non-hydrogen) atoms. The summed E-state index contributed by atoms with van der Waals surface area (Å²) in [6.45, 7) is 4.94. The second kappa shape index (κ2) is 69.8. The summed E-state index contributed by atoms with van der Waals surface area (Å²) in [6.07, 6.45) is 88.5. The number of carbonyl (C=O) groups excluding carboxylic acids is 2. The van der Waals surface area contributed by atoms with Crippen molar-refractivity contribution in [3.63, 3.8) is 0 Å². The van der Waals surface area contributed by atoms with Gasteiger partial charge in [0.25, 0.3) is 0 Å². The van der Waals surface area contributed by atoms with Crippen LogP contribution in [0, 0.1) is 0 Å². The van der Waals surface area contributed by atoms with Gasteiger partial charge in [0.1, 0.15) is 0 Å². The van der Waals surface area contributed by atoms with Crippen LogP contribution in [-0.2, 0) is 14.3 Å². The van der Waals surface area contributed by atoms with Crippen LogP contribution in [0.15, 0.2) is 24.3 Å².